The van der Waals surface area contributed by atoms with Crippen LogP contribution in [0, 0.1) is 25.7 Å². The molecule has 0 aliphatic heterocycles. The lowest BCUT2D eigenvalue weighted by Crippen LogP contribution is -2.12. The number of rotatable bonds is 2. The Labute approximate surface area is 125 Å². The van der Waals surface area contributed by atoms with Gasteiger partial charge in [0, 0.05) is 16.8 Å². The van der Waals surface area contributed by atoms with Crippen molar-refractivity contribution in [2.45, 2.75) is 13.8 Å². The van der Waals surface area contributed by atoms with Crippen molar-refractivity contribution in [3.63, 3.8) is 0 Å². The molecule has 21 heavy (non-hydrogen) atoms. The Morgan fingerprint density at radius 1 is 1.19 bits per heavy atom. The van der Waals surface area contributed by atoms with Crippen LogP contribution in [0.3, 0.4) is 0 Å². The molecule has 0 aliphatic rings. The topological polar surface area (TPSA) is 55.1 Å². The van der Waals surface area contributed by atoms with Gasteiger partial charge < -0.3 is 11.1 Å². The molecule has 0 unspecified atom stereocenters. The zero-order valence-electron chi connectivity index (χ0n) is 12.2. The minimum atomic E-state index is -0.140. The Balaban J connectivity index is 2.20. The smallest absolute Gasteiger partial charge is 0.255 e. The molecule has 3 nitrogen and oxygen atoms in total. The number of benzene rings is 2. The number of aryl methyl sites for hydroxylation is 2. The van der Waals surface area contributed by atoms with Crippen LogP contribution in [0.25, 0.3) is 0 Å². The molecule has 0 radical (unpaired) electrons. The van der Waals surface area contributed by atoms with Gasteiger partial charge in [-0.15, -0.1) is 0 Å². The van der Waals surface area contributed by atoms with Gasteiger partial charge in [-0.05, 0) is 43.7 Å². The number of carbonyl (C=O) groups excluding carboxylic acids is 1. The lowest BCUT2D eigenvalue weighted by Gasteiger charge is -2.09. The minimum absolute atomic E-state index is 0.140. The maximum atomic E-state index is 12.3. The van der Waals surface area contributed by atoms with E-state index in [1.165, 1.54) is 5.56 Å². The zero-order chi connectivity index (χ0) is 15.2. The van der Waals surface area contributed by atoms with Crippen molar-refractivity contribution in [1.29, 1.82) is 0 Å². The molecule has 0 saturated carbocycles. The van der Waals surface area contributed by atoms with Gasteiger partial charge in [-0.1, -0.05) is 35.6 Å². The molecule has 2 aromatic carbocycles. The molecular weight excluding hydrogens is 260 g/mol. The van der Waals surface area contributed by atoms with Crippen LogP contribution in [0.2, 0.25) is 0 Å². The first-order valence-corrected chi connectivity index (χ1v) is 6.78. The Hall–Kier alpha value is -2.57. The number of hydrogen-bond acceptors (Lipinski definition) is 2. The van der Waals surface area contributed by atoms with E-state index in [-0.39, 0.29) is 5.91 Å². The Kier molecular flexibility index (Phi) is 4.76. The molecule has 0 spiro atoms. The van der Waals surface area contributed by atoms with Gasteiger partial charge in [0.25, 0.3) is 5.91 Å². The second-order valence-corrected chi connectivity index (χ2v) is 4.86. The number of anilines is 1. The monoisotopic (exact) mass is 278 g/mol. The first-order valence-electron chi connectivity index (χ1n) is 6.78. The van der Waals surface area contributed by atoms with Crippen LogP contribution < -0.4 is 11.1 Å². The second kappa shape index (κ2) is 6.74. The van der Waals surface area contributed by atoms with E-state index in [1.807, 2.05) is 44.2 Å². The van der Waals surface area contributed by atoms with Crippen LogP contribution in [0.15, 0.2) is 42.5 Å². The third-order valence-electron chi connectivity index (χ3n) is 3.09. The Bertz CT molecular complexity index is 723. The summed E-state index contributed by atoms with van der Waals surface area (Å²) in [5.41, 5.74) is 9.76. The summed E-state index contributed by atoms with van der Waals surface area (Å²) in [7, 11) is 0. The normalized spacial score (nSPS) is 9.67. The number of hydrogen-bond donors (Lipinski definition) is 2. The Morgan fingerprint density at radius 2 is 2.00 bits per heavy atom. The summed E-state index contributed by atoms with van der Waals surface area (Å²) in [5.74, 6) is 5.57. The number of nitrogens with one attached hydrogen (secondary N) is 1. The highest BCUT2D eigenvalue weighted by atomic mass is 16.1. The number of nitrogens with two attached hydrogens (primary N) is 1. The molecule has 0 heterocycles. The number of amides is 1. The summed E-state index contributed by atoms with van der Waals surface area (Å²) in [6.45, 7) is 4.31. The SMILES string of the molecule is Cc1ccc(NC(=O)c2cccc(C#CCN)c2)c(C)c1. The van der Waals surface area contributed by atoms with Crippen molar-refractivity contribution in [1.82, 2.24) is 0 Å². The summed E-state index contributed by atoms with van der Waals surface area (Å²) < 4.78 is 0. The lowest BCUT2D eigenvalue weighted by molar-refractivity contribution is 0.102. The van der Waals surface area contributed by atoms with E-state index in [1.54, 1.807) is 12.1 Å². The molecular formula is C18H18N2O. The molecule has 106 valence electrons. The zero-order valence-corrected chi connectivity index (χ0v) is 12.2. The highest BCUT2D eigenvalue weighted by molar-refractivity contribution is 6.04. The van der Waals surface area contributed by atoms with E-state index in [2.05, 4.69) is 17.2 Å². The highest BCUT2D eigenvalue weighted by Gasteiger charge is 2.08. The summed E-state index contributed by atoms with van der Waals surface area (Å²) in [6.07, 6.45) is 0. The second-order valence-electron chi connectivity index (χ2n) is 4.86. The van der Waals surface area contributed by atoms with Crippen molar-refractivity contribution < 1.29 is 4.79 Å². The average Bonchev–Trinajstić information content (AvgIpc) is 2.48. The summed E-state index contributed by atoms with van der Waals surface area (Å²) in [6, 6.07) is 13.1. The maximum Gasteiger partial charge on any atom is 0.255 e. The fourth-order valence-corrected chi connectivity index (χ4v) is 2.04. The van der Waals surface area contributed by atoms with Crippen LogP contribution in [0.5, 0.6) is 0 Å². The van der Waals surface area contributed by atoms with E-state index in [0.717, 1.165) is 16.8 Å². The first kappa shape index (κ1) is 14.8. The van der Waals surface area contributed by atoms with Crippen molar-refractivity contribution in [2.24, 2.45) is 5.73 Å². The fraction of sp³-hybridized carbons (Fsp3) is 0.167. The maximum absolute atomic E-state index is 12.3. The van der Waals surface area contributed by atoms with E-state index in [0.29, 0.717) is 12.1 Å². The van der Waals surface area contributed by atoms with Crippen LogP contribution in [-0.2, 0) is 0 Å². The third-order valence-corrected chi connectivity index (χ3v) is 3.09. The number of carbonyl (C=O) groups is 1. The summed E-state index contributed by atoms with van der Waals surface area (Å²) in [5, 5.41) is 2.93. The summed E-state index contributed by atoms with van der Waals surface area (Å²) >= 11 is 0. The van der Waals surface area contributed by atoms with Crippen molar-refractivity contribution in [3.05, 3.63) is 64.7 Å². The predicted molar refractivity (Wildman–Crippen MR) is 86.2 cm³/mol. The highest BCUT2D eigenvalue weighted by Crippen LogP contribution is 2.17. The molecule has 1 amide bonds. The van der Waals surface area contributed by atoms with Crippen molar-refractivity contribution >= 4 is 11.6 Å². The average molecular weight is 278 g/mol. The van der Waals surface area contributed by atoms with Crippen molar-refractivity contribution in [3.8, 4) is 11.8 Å². The quantitative estimate of drug-likeness (QED) is 0.830. The van der Waals surface area contributed by atoms with E-state index in [4.69, 9.17) is 5.73 Å². The van der Waals surface area contributed by atoms with Crippen LogP contribution in [-0.4, -0.2) is 12.5 Å². The molecule has 2 aromatic rings. The van der Waals surface area contributed by atoms with E-state index in [9.17, 15) is 4.79 Å². The van der Waals surface area contributed by atoms with E-state index < -0.39 is 0 Å². The first-order chi connectivity index (χ1) is 10.1. The van der Waals surface area contributed by atoms with Crippen LogP contribution in [0.1, 0.15) is 27.0 Å². The fourth-order valence-electron chi connectivity index (χ4n) is 2.04. The molecule has 3 N–H and O–H groups in total. The van der Waals surface area contributed by atoms with Gasteiger partial charge in [-0.25, -0.2) is 0 Å². The summed E-state index contributed by atoms with van der Waals surface area (Å²) in [4.78, 5) is 12.3. The van der Waals surface area contributed by atoms with Crippen LogP contribution in [0.4, 0.5) is 5.69 Å². The lowest BCUT2D eigenvalue weighted by atomic mass is 10.1. The largest absolute Gasteiger partial charge is 0.322 e. The molecule has 0 saturated heterocycles. The Morgan fingerprint density at radius 3 is 2.71 bits per heavy atom. The van der Waals surface area contributed by atoms with Gasteiger partial charge in [0.2, 0.25) is 0 Å². The molecule has 0 aliphatic carbocycles. The minimum Gasteiger partial charge on any atom is -0.322 e. The van der Waals surface area contributed by atoms with Gasteiger partial charge >= 0.3 is 0 Å². The third kappa shape index (κ3) is 3.95. The van der Waals surface area contributed by atoms with E-state index >= 15 is 0 Å². The molecule has 0 aromatic heterocycles. The van der Waals surface area contributed by atoms with Gasteiger partial charge in [0.1, 0.15) is 0 Å². The van der Waals surface area contributed by atoms with Crippen LogP contribution >= 0.6 is 0 Å². The molecule has 3 heteroatoms. The van der Waals surface area contributed by atoms with Crippen molar-refractivity contribution in [2.75, 3.05) is 11.9 Å². The predicted octanol–water partition coefficient (Wildman–Crippen LogP) is 2.87. The molecule has 0 fully saturated rings. The van der Waals surface area contributed by atoms with Gasteiger partial charge in [0.05, 0.1) is 6.54 Å². The molecule has 0 bridgehead atoms. The van der Waals surface area contributed by atoms with Gasteiger partial charge in [-0.2, -0.15) is 0 Å². The van der Waals surface area contributed by atoms with Gasteiger partial charge in [0.15, 0.2) is 0 Å². The van der Waals surface area contributed by atoms with Gasteiger partial charge in [-0.3, -0.25) is 4.79 Å². The molecule has 0 atom stereocenters. The molecule has 2 rings (SSSR count). The standard InChI is InChI=1S/C18H18N2O/c1-13-8-9-17(14(2)11-13)20-18(21)16-7-3-5-15(12-16)6-4-10-19/h3,5,7-9,11-12H,10,19H2,1-2H3,(H,20,21).